The number of aliphatic hydroxyl groups is 2. The minimum absolute atomic E-state index is 0.0690. The van der Waals surface area contributed by atoms with Crippen LogP contribution in [0, 0.1) is 0 Å². The van der Waals surface area contributed by atoms with Crippen LogP contribution in [0.2, 0.25) is 0 Å². The van der Waals surface area contributed by atoms with Crippen molar-refractivity contribution in [3.8, 4) is 0 Å². The van der Waals surface area contributed by atoms with E-state index in [1.807, 2.05) is 0 Å². The molecule has 0 aromatic carbocycles. The Balaban J connectivity index is 3.16. The van der Waals surface area contributed by atoms with Crippen LogP contribution in [-0.2, 0) is 0 Å². The van der Waals surface area contributed by atoms with E-state index < -0.39 is 11.2 Å². The molecule has 1 aliphatic carbocycles. The summed E-state index contributed by atoms with van der Waals surface area (Å²) in [6, 6.07) is 0. The van der Waals surface area contributed by atoms with Crippen LogP contribution in [0.25, 0.3) is 0 Å². The van der Waals surface area contributed by atoms with Crippen LogP contribution >= 0.6 is 46.4 Å². The first-order valence-corrected chi connectivity index (χ1v) is 4.40. The zero-order valence-corrected chi connectivity index (χ0v) is 8.58. The fraction of sp³-hybridized carbons (Fsp3) is 0.333. The zero-order chi connectivity index (χ0) is 9.52. The van der Waals surface area contributed by atoms with Gasteiger partial charge in [-0.1, -0.05) is 46.4 Å². The highest BCUT2D eigenvalue weighted by Gasteiger charge is 2.42. The number of hydrogen-bond acceptors (Lipinski definition) is 2. The van der Waals surface area contributed by atoms with Gasteiger partial charge < -0.3 is 10.2 Å². The lowest BCUT2D eigenvalue weighted by Crippen LogP contribution is -2.39. The third-order valence-electron chi connectivity index (χ3n) is 1.42. The number of alkyl halides is 1. The second-order valence-electron chi connectivity index (χ2n) is 2.26. The summed E-state index contributed by atoms with van der Waals surface area (Å²) in [4.78, 5) is 0. The van der Waals surface area contributed by atoms with Crippen LogP contribution in [0.3, 0.4) is 0 Å². The third-order valence-corrected chi connectivity index (χ3v) is 3.14. The molecule has 0 aromatic rings. The highest BCUT2D eigenvalue weighted by atomic mass is 35.5. The first-order chi connectivity index (χ1) is 5.37. The van der Waals surface area contributed by atoms with Crippen LogP contribution in [-0.4, -0.2) is 21.4 Å². The van der Waals surface area contributed by atoms with Gasteiger partial charge in [-0.05, 0) is 6.08 Å². The number of aliphatic hydroxyl groups excluding tert-OH is 1. The number of allylic oxidation sites excluding steroid dienone is 2. The molecule has 0 amide bonds. The van der Waals surface area contributed by atoms with Gasteiger partial charge in [0.15, 0.2) is 0 Å². The molecule has 2 unspecified atom stereocenters. The fourth-order valence-corrected chi connectivity index (χ4v) is 1.62. The van der Waals surface area contributed by atoms with Crippen molar-refractivity contribution >= 4 is 46.4 Å². The number of rotatable bonds is 0. The Bertz CT molecular complexity index is 269. The van der Waals surface area contributed by atoms with Crippen molar-refractivity contribution < 1.29 is 10.2 Å². The smallest absolute Gasteiger partial charge is 0.206 e. The second kappa shape index (κ2) is 3.37. The van der Waals surface area contributed by atoms with Crippen molar-refractivity contribution in [2.24, 2.45) is 0 Å². The molecule has 0 radical (unpaired) electrons. The van der Waals surface area contributed by atoms with E-state index in [4.69, 9.17) is 46.4 Å². The van der Waals surface area contributed by atoms with Gasteiger partial charge in [-0.3, -0.25) is 0 Å². The van der Waals surface area contributed by atoms with Gasteiger partial charge >= 0.3 is 0 Å². The van der Waals surface area contributed by atoms with Crippen LogP contribution in [0.1, 0.15) is 0 Å². The Morgan fingerprint density at radius 1 is 1.33 bits per heavy atom. The van der Waals surface area contributed by atoms with Crippen molar-refractivity contribution in [2.75, 3.05) is 0 Å². The summed E-state index contributed by atoms with van der Waals surface area (Å²) in [5.41, 5.74) is 0. The maximum Gasteiger partial charge on any atom is 0.206 e. The lowest BCUT2D eigenvalue weighted by molar-refractivity contribution is 0.0414. The summed E-state index contributed by atoms with van der Waals surface area (Å²) >= 11 is 22.0. The van der Waals surface area contributed by atoms with Crippen molar-refractivity contribution in [1.29, 1.82) is 0 Å². The van der Waals surface area contributed by atoms with Gasteiger partial charge in [0.05, 0.1) is 15.1 Å². The van der Waals surface area contributed by atoms with Crippen molar-refractivity contribution in [1.82, 2.24) is 0 Å². The van der Waals surface area contributed by atoms with Gasteiger partial charge in [-0.15, -0.1) is 0 Å². The SMILES string of the molecule is OC1C(Cl)=C(Cl)C=C(Cl)C1(O)Cl. The summed E-state index contributed by atoms with van der Waals surface area (Å²) in [5.74, 6) is 0. The van der Waals surface area contributed by atoms with Gasteiger partial charge in [-0.25, -0.2) is 0 Å². The molecule has 2 N–H and O–H groups in total. The molecule has 68 valence electrons. The normalized spacial score (nSPS) is 36.8. The highest BCUT2D eigenvalue weighted by molar-refractivity contribution is 6.45. The van der Waals surface area contributed by atoms with Gasteiger partial charge in [0.2, 0.25) is 5.06 Å². The molecule has 0 saturated carbocycles. The maximum absolute atomic E-state index is 9.34. The van der Waals surface area contributed by atoms with E-state index in [9.17, 15) is 10.2 Å². The molecule has 2 nitrogen and oxygen atoms in total. The molecule has 0 spiro atoms. The Morgan fingerprint density at radius 3 is 2.33 bits per heavy atom. The van der Waals surface area contributed by atoms with Gasteiger partial charge in [-0.2, -0.15) is 0 Å². The zero-order valence-electron chi connectivity index (χ0n) is 5.56. The molecule has 12 heavy (non-hydrogen) atoms. The van der Waals surface area contributed by atoms with Crippen LogP contribution in [0.5, 0.6) is 0 Å². The molecule has 0 bridgehead atoms. The quantitative estimate of drug-likeness (QED) is 0.646. The first kappa shape index (κ1) is 10.6. The summed E-state index contributed by atoms with van der Waals surface area (Å²) < 4.78 is 0. The molecule has 1 aliphatic rings. The molecular formula is C6H4Cl4O2. The molecule has 0 aromatic heterocycles. The summed E-state index contributed by atoms with van der Waals surface area (Å²) in [7, 11) is 0. The second-order valence-corrected chi connectivity index (χ2v) is 4.06. The van der Waals surface area contributed by atoms with Crippen LogP contribution < -0.4 is 0 Å². The molecule has 0 fully saturated rings. The van der Waals surface area contributed by atoms with E-state index in [0.717, 1.165) is 0 Å². The molecule has 6 heteroatoms. The lowest BCUT2D eigenvalue weighted by atomic mass is 10.1. The van der Waals surface area contributed by atoms with E-state index in [0.29, 0.717) is 0 Å². The topological polar surface area (TPSA) is 40.5 Å². The van der Waals surface area contributed by atoms with Crippen molar-refractivity contribution in [3.63, 3.8) is 0 Å². The number of halogens is 4. The predicted octanol–water partition coefficient (Wildman–Crippen LogP) is 2.10. The first-order valence-electron chi connectivity index (χ1n) is 2.89. The third kappa shape index (κ3) is 1.60. The fourth-order valence-electron chi connectivity index (χ4n) is 0.711. The van der Waals surface area contributed by atoms with Crippen molar-refractivity contribution in [2.45, 2.75) is 11.2 Å². The van der Waals surface area contributed by atoms with Crippen LogP contribution in [0.4, 0.5) is 0 Å². The Hall–Kier alpha value is 0.560. The van der Waals surface area contributed by atoms with E-state index in [1.54, 1.807) is 0 Å². The van der Waals surface area contributed by atoms with Crippen LogP contribution in [0.15, 0.2) is 21.2 Å². The van der Waals surface area contributed by atoms with Gasteiger partial charge in [0.1, 0.15) is 6.10 Å². The molecule has 0 heterocycles. The van der Waals surface area contributed by atoms with Gasteiger partial charge in [0.25, 0.3) is 0 Å². The van der Waals surface area contributed by atoms with E-state index in [-0.39, 0.29) is 15.1 Å². The largest absolute Gasteiger partial charge is 0.383 e. The minimum atomic E-state index is -2.07. The summed E-state index contributed by atoms with van der Waals surface area (Å²) in [6.07, 6.45) is -0.309. The summed E-state index contributed by atoms with van der Waals surface area (Å²) in [6.45, 7) is 0. The molecule has 1 rings (SSSR count). The molecule has 0 saturated heterocycles. The average molecular weight is 250 g/mol. The standard InChI is InChI=1S/C6H4Cl4O2/c7-2-1-3(8)6(10,12)5(11)4(2)9/h1,5,11-12H. The Morgan fingerprint density at radius 2 is 1.83 bits per heavy atom. The monoisotopic (exact) mass is 248 g/mol. The minimum Gasteiger partial charge on any atom is -0.383 e. The molecular weight excluding hydrogens is 246 g/mol. The van der Waals surface area contributed by atoms with Crippen molar-refractivity contribution in [3.05, 3.63) is 21.2 Å². The van der Waals surface area contributed by atoms with Gasteiger partial charge in [0, 0.05) is 0 Å². The molecule has 0 aliphatic heterocycles. The predicted molar refractivity (Wildman–Crippen MR) is 49.5 cm³/mol. The lowest BCUT2D eigenvalue weighted by Gasteiger charge is -2.29. The molecule has 2 atom stereocenters. The summed E-state index contributed by atoms with van der Waals surface area (Å²) in [5, 5.41) is 16.3. The van der Waals surface area contributed by atoms with E-state index >= 15 is 0 Å². The average Bonchev–Trinajstić information content (AvgIpc) is 1.99. The maximum atomic E-state index is 9.34. The Labute approximate surface area is 89.0 Å². The number of hydrogen-bond donors (Lipinski definition) is 2. The van der Waals surface area contributed by atoms with E-state index in [2.05, 4.69) is 0 Å². The van der Waals surface area contributed by atoms with E-state index in [1.165, 1.54) is 6.08 Å². The highest BCUT2D eigenvalue weighted by Crippen LogP contribution is 2.40. The Kier molecular flexibility index (Phi) is 2.99.